The maximum absolute atomic E-state index is 11.1. The van der Waals surface area contributed by atoms with Gasteiger partial charge in [0.05, 0.1) is 11.9 Å². The molecule has 0 aliphatic heterocycles. The summed E-state index contributed by atoms with van der Waals surface area (Å²) in [7, 11) is 0. The Balaban J connectivity index is 2.09. The number of nitrogens with zero attached hydrogens (tertiary/aromatic N) is 2. The summed E-state index contributed by atoms with van der Waals surface area (Å²) >= 11 is 4.86. The Bertz CT molecular complexity index is 613. The molecule has 0 saturated carbocycles. The van der Waals surface area contributed by atoms with E-state index in [1.165, 1.54) is 0 Å². The van der Waals surface area contributed by atoms with Gasteiger partial charge in [0.15, 0.2) is 0 Å². The molecule has 0 fully saturated rings. The van der Waals surface area contributed by atoms with E-state index in [4.69, 9.17) is 5.11 Å². The minimum absolute atomic E-state index is 0.289. The molecule has 0 bridgehead atoms. The van der Waals surface area contributed by atoms with Crippen LogP contribution < -0.4 is 0 Å². The minimum atomic E-state index is -0.921. The van der Waals surface area contributed by atoms with Crippen molar-refractivity contribution in [3.63, 3.8) is 0 Å². The smallest absolute Gasteiger partial charge is 0.336 e. The fraction of sp³-hybridized carbons (Fsp3) is 0.286. The fourth-order valence-corrected chi connectivity index (χ4v) is 3.16. The number of aryl methyl sites for hydroxylation is 1. The van der Waals surface area contributed by atoms with Gasteiger partial charge in [0.25, 0.3) is 0 Å². The third-order valence-corrected chi connectivity index (χ3v) is 4.54. The zero-order chi connectivity index (χ0) is 14.5. The van der Waals surface area contributed by atoms with Gasteiger partial charge < -0.3 is 9.67 Å². The summed E-state index contributed by atoms with van der Waals surface area (Å²) in [6.45, 7) is 3.08. The SMILES string of the molecule is CCCn1cncc1CSc1ccc(Br)c(C(=O)O)c1. The van der Waals surface area contributed by atoms with Gasteiger partial charge in [-0.3, -0.25) is 0 Å². The summed E-state index contributed by atoms with van der Waals surface area (Å²) < 4.78 is 2.73. The molecular formula is C14H15BrN2O2S. The second kappa shape index (κ2) is 6.95. The van der Waals surface area contributed by atoms with Crippen LogP contribution >= 0.6 is 27.7 Å². The highest BCUT2D eigenvalue weighted by atomic mass is 79.9. The Hall–Kier alpha value is -1.27. The van der Waals surface area contributed by atoms with Crippen LogP contribution in [0.15, 0.2) is 40.1 Å². The van der Waals surface area contributed by atoms with E-state index in [0.29, 0.717) is 4.47 Å². The number of rotatable bonds is 6. The Morgan fingerprint density at radius 3 is 3.00 bits per heavy atom. The van der Waals surface area contributed by atoms with Crippen molar-refractivity contribution in [2.24, 2.45) is 0 Å². The predicted molar refractivity (Wildman–Crippen MR) is 83.2 cm³/mol. The Morgan fingerprint density at radius 2 is 2.30 bits per heavy atom. The zero-order valence-corrected chi connectivity index (χ0v) is 13.4. The van der Waals surface area contributed by atoms with Crippen LogP contribution in [-0.2, 0) is 12.3 Å². The lowest BCUT2D eigenvalue weighted by molar-refractivity contribution is 0.0695. The number of carboxylic acids is 1. The molecule has 6 heteroatoms. The average molecular weight is 355 g/mol. The van der Waals surface area contributed by atoms with E-state index in [1.54, 1.807) is 23.9 Å². The van der Waals surface area contributed by atoms with Gasteiger partial charge in [-0.05, 0) is 40.5 Å². The standard InChI is InChI=1S/C14H15BrN2O2S/c1-2-5-17-9-16-7-10(17)8-20-11-3-4-13(15)12(6-11)14(18)19/h3-4,6-7,9H,2,5,8H2,1H3,(H,18,19). The topological polar surface area (TPSA) is 55.1 Å². The van der Waals surface area contributed by atoms with Crippen molar-refractivity contribution in [1.29, 1.82) is 0 Å². The molecule has 0 unspecified atom stereocenters. The summed E-state index contributed by atoms with van der Waals surface area (Å²) in [5.74, 6) is -0.143. The van der Waals surface area contributed by atoms with Gasteiger partial charge in [0, 0.05) is 33.6 Å². The van der Waals surface area contributed by atoms with Crippen LogP contribution in [0.25, 0.3) is 0 Å². The summed E-state index contributed by atoms with van der Waals surface area (Å²) in [5, 5.41) is 9.10. The number of carbonyl (C=O) groups is 1. The van der Waals surface area contributed by atoms with Crippen LogP contribution in [0, 0.1) is 0 Å². The van der Waals surface area contributed by atoms with E-state index in [1.807, 2.05) is 18.6 Å². The van der Waals surface area contributed by atoms with Crippen LogP contribution in [0.5, 0.6) is 0 Å². The van der Waals surface area contributed by atoms with Crippen LogP contribution in [0.3, 0.4) is 0 Å². The molecule has 0 saturated heterocycles. The first-order chi connectivity index (χ1) is 9.61. The number of halogens is 1. The monoisotopic (exact) mass is 354 g/mol. The van der Waals surface area contributed by atoms with Crippen LogP contribution in [0.1, 0.15) is 29.4 Å². The maximum atomic E-state index is 11.1. The van der Waals surface area contributed by atoms with Crippen molar-refractivity contribution >= 4 is 33.7 Å². The van der Waals surface area contributed by atoms with E-state index in [9.17, 15) is 4.79 Å². The van der Waals surface area contributed by atoms with Crippen LogP contribution in [-0.4, -0.2) is 20.6 Å². The van der Waals surface area contributed by atoms with E-state index < -0.39 is 5.97 Å². The Labute approximate surface area is 130 Å². The number of carboxylic acid groups (broad SMARTS) is 1. The highest BCUT2D eigenvalue weighted by Crippen LogP contribution is 2.27. The highest BCUT2D eigenvalue weighted by Gasteiger charge is 2.10. The third kappa shape index (κ3) is 3.64. The van der Waals surface area contributed by atoms with Gasteiger partial charge in [-0.15, -0.1) is 11.8 Å². The van der Waals surface area contributed by atoms with Gasteiger partial charge in [-0.2, -0.15) is 0 Å². The lowest BCUT2D eigenvalue weighted by atomic mass is 10.2. The number of aromatic carboxylic acids is 1. The van der Waals surface area contributed by atoms with Crippen molar-refractivity contribution in [3.05, 3.63) is 46.5 Å². The largest absolute Gasteiger partial charge is 0.478 e. The number of hydrogen-bond donors (Lipinski definition) is 1. The second-order valence-electron chi connectivity index (χ2n) is 4.31. The number of hydrogen-bond acceptors (Lipinski definition) is 3. The van der Waals surface area contributed by atoms with Crippen LogP contribution in [0.4, 0.5) is 0 Å². The summed E-state index contributed by atoms with van der Waals surface area (Å²) in [5.41, 5.74) is 1.44. The maximum Gasteiger partial charge on any atom is 0.336 e. The summed E-state index contributed by atoms with van der Waals surface area (Å²) in [6, 6.07) is 5.38. The van der Waals surface area contributed by atoms with Gasteiger partial charge in [0.2, 0.25) is 0 Å². The molecule has 0 atom stereocenters. The first-order valence-electron chi connectivity index (χ1n) is 6.26. The number of aromatic nitrogens is 2. The van der Waals surface area contributed by atoms with Crippen molar-refractivity contribution in [2.75, 3.05) is 0 Å². The quantitative estimate of drug-likeness (QED) is 0.795. The van der Waals surface area contributed by atoms with E-state index >= 15 is 0 Å². The van der Waals surface area contributed by atoms with Crippen molar-refractivity contribution < 1.29 is 9.90 Å². The molecule has 0 aliphatic carbocycles. The lowest BCUT2D eigenvalue weighted by Crippen LogP contribution is -2.00. The molecule has 1 N–H and O–H groups in total. The third-order valence-electron chi connectivity index (χ3n) is 2.82. The second-order valence-corrected chi connectivity index (χ2v) is 6.22. The molecule has 20 heavy (non-hydrogen) atoms. The van der Waals surface area contributed by atoms with Crippen LogP contribution in [0.2, 0.25) is 0 Å². The van der Waals surface area contributed by atoms with Crippen molar-refractivity contribution in [2.45, 2.75) is 30.5 Å². The molecule has 0 amide bonds. The Kier molecular flexibility index (Phi) is 5.25. The normalized spacial score (nSPS) is 10.7. The van der Waals surface area contributed by atoms with Gasteiger partial charge in [0.1, 0.15) is 0 Å². The van der Waals surface area contributed by atoms with E-state index in [-0.39, 0.29) is 5.56 Å². The molecule has 0 radical (unpaired) electrons. The van der Waals surface area contributed by atoms with Crippen molar-refractivity contribution in [3.8, 4) is 0 Å². The summed E-state index contributed by atoms with van der Waals surface area (Å²) in [4.78, 5) is 16.2. The molecule has 2 rings (SSSR count). The molecule has 4 nitrogen and oxygen atoms in total. The summed E-state index contributed by atoms with van der Waals surface area (Å²) in [6.07, 6.45) is 4.76. The first kappa shape index (κ1) is 15.1. The number of imidazole rings is 1. The molecule has 2 aromatic rings. The number of benzene rings is 1. The van der Waals surface area contributed by atoms with E-state index in [0.717, 1.165) is 29.3 Å². The predicted octanol–water partition coefficient (Wildman–Crippen LogP) is 4.05. The molecular weight excluding hydrogens is 340 g/mol. The first-order valence-corrected chi connectivity index (χ1v) is 8.04. The van der Waals surface area contributed by atoms with Gasteiger partial charge >= 0.3 is 5.97 Å². The van der Waals surface area contributed by atoms with E-state index in [2.05, 4.69) is 32.4 Å². The average Bonchev–Trinajstić information content (AvgIpc) is 2.85. The Morgan fingerprint density at radius 1 is 1.50 bits per heavy atom. The molecule has 1 aromatic carbocycles. The molecule has 1 aromatic heterocycles. The molecule has 0 aliphatic rings. The van der Waals surface area contributed by atoms with Crippen molar-refractivity contribution in [1.82, 2.24) is 9.55 Å². The zero-order valence-electron chi connectivity index (χ0n) is 11.0. The molecule has 106 valence electrons. The number of thioether (sulfide) groups is 1. The van der Waals surface area contributed by atoms with Gasteiger partial charge in [-0.1, -0.05) is 6.92 Å². The fourth-order valence-electron chi connectivity index (χ4n) is 1.83. The van der Waals surface area contributed by atoms with Gasteiger partial charge in [-0.25, -0.2) is 9.78 Å². The molecule has 1 heterocycles. The lowest BCUT2D eigenvalue weighted by Gasteiger charge is -2.07. The minimum Gasteiger partial charge on any atom is -0.478 e. The molecule has 0 spiro atoms. The highest BCUT2D eigenvalue weighted by molar-refractivity contribution is 9.10.